The van der Waals surface area contributed by atoms with E-state index in [0.29, 0.717) is 12.5 Å². The Morgan fingerprint density at radius 2 is 2.30 bits per heavy atom. The molecule has 1 aromatic heterocycles. The number of carbonyl (C=O) groups is 1. The molecule has 0 amide bonds. The quantitative estimate of drug-likeness (QED) is 0.766. The minimum atomic E-state index is -0.847. The summed E-state index contributed by atoms with van der Waals surface area (Å²) in [5, 5.41) is 13.1. The van der Waals surface area contributed by atoms with Crippen molar-refractivity contribution in [1.82, 2.24) is 14.9 Å². The van der Waals surface area contributed by atoms with Crippen LogP contribution in [0.2, 0.25) is 0 Å². The van der Waals surface area contributed by atoms with Crippen LogP contribution < -0.4 is 5.32 Å². The van der Waals surface area contributed by atoms with Crippen LogP contribution in [-0.2, 0) is 11.3 Å². The number of imidazole rings is 1. The van der Waals surface area contributed by atoms with E-state index < -0.39 is 11.5 Å². The molecule has 1 aromatic rings. The topological polar surface area (TPSA) is 67.2 Å². The average Bonchev–Trinajstić information content (AvgIpc) is 3.14. The summed E-state index contributed by atoms with van der Waals surface area (Å²) >= 11 is 0. The zero-order valence-corrected chi connectivity index (χ0v) is 12.6. The van der Waals surface area contributed by atoms with Gasteiger partial charge in [0.25, 0.3) is 0 Å². The molecule has 0 bridgehead atoms. The summed E-state index contributed by atoms with van der Waals surface area (Å²) in [5.41, 5.74) is -0.847. The molecule has 0 saturated heterocycles. The van der Waals surface area contributed by atoms with Crippen LogP contribution in [0.25, 0.3) is 0 Å². The van der Waals surface area contributed by atoms with Crippen LogP contribution in [0, 0.1) is 5.92 Å². The lowest BCUT2D eigenvalue weighted by molar-refractivity contribution is -0.146. The van der Waals surface area contributed by atoms with Gasteiger partial charge in [0.2, 0.25) is 0 Å². The van der Waals surface area contributed by atoms with Gasteiger partial charge in [0.15, 0.2) is 0 Å². The van der Waals surface area contributed by atoms with E-state index in [1.165, 1.54) is 0 Å². The number of hydrogen-bond donors (Lipinski definition) is 2. The second-order valence-corrected chi connectivity index (χ2v) is 6.05. The molecule has 0 aliphatic heterocycles. The maximum Gasteiger partial charge on any atom is 0.326 e. The minimum Gasteiger partial charge on any atom is -0.480 e. The van der Waals surface area contributed by atoms with Crippen LogP contribution in [0.4, 0.5) is 0 Å². The SMILES string of the molecule is CCCNC(Cn1ccnc1C(C)C)(C(=O)O)C1CC1. The highest BCUT2D eigenvalue weighted by molar-refractivity contribution is 5.79. The number of nitrogens with zero attached hydrogens (tertiary/aromatic N) is 2. The summed E-state index contributed by atoms with van der Waals surface area (Å²) in [4.78, 5) is 16.3. The Morgan fingerprint density at radius 1 is 1.60 bits per heavy atom. The van der Waals surface area contributed by atoms with E-state index in [-0.39, 0.29) is 5.92 Å². The number of hydrogen-bond acceptors (Lipinski definition) is 3. The van der Waals surface area contributed by atoms with Crippen molar-refractivity contribution in [3.8, 4) is 0 Å². The molecule has 2 N–H and O–H groups in total. The van der Waals surface area contributed by atoms with Crippen LogP contribution in [-0.4, -0.2) is 32.7 Å². The standard InChI is InChI=1S/C15H25N3O2/c1-4-7-17-15(14(19)20,12-5-6-12)10-18-9-8-16-13(18)11(2)3/h8-9,11-12,17H,4-7,10H2,1-3H3,(H,19,20). The minimum absolute atomic E-state index is 0.231. The third kappa shape index (κ3) is 2.87. The van der Waals surface area contributed by atoms with E-state index >= 15 is 0 Å². The zero-order valence-electron chi connectivity index (χ0n) is 12.6. The molecule has 1 heterocycles. The first-order chi connectivity index (χ1) is 9.51. The second kappa shape index (κ2) is 5.95. The highest BCUT2D eigenvalue weighted by atomic mass is 16.4. The van der Waals surface area contributed by atoms with Crippen LogP contribution >= 0.6 is 0 Å². The first kappa shape index (κ1) is 15.0. The molecule has 0 spiro atoms. The van der Waals surface area contributed by atoms with Gasteiger partial charge in [-0.3, -0.25) is 4.79 Å². The van der Waals surface area contributed by atoms with Crippen molar-refractivity contribution >= 4 is 5.97 Å². The lowest BCUT2D eigenvalue weighted by atomic mass is 9.92. The van der Waals surface area contributed by atoms with Crippen LogP contribution in [0.15, 0.2) is 12.4 Å². The molecule has 1 saturated carbocycles. The molecule has 112 valence electrons. The van der Waals surface area contributed by atoms with Gasteiger partial charge in [0, 0.05) is 18.3 Å². The first-order valence-electron chi connectivity index (χ1n) is 7.50. The van der Waals surface area contributed by atoms with E-state index in [4.69, 9.17) is 0 Å². The van der Waals surface area contributed by atoms with Crippen molar-refractivity contribution in [2.45, 2.75) is 58.0 Å². The molecule has 5 heteroatoms. The Morgan fingerprint density at radius 3 is 2.80 bits per heavy atom. The number of rotatable bonds is 8. The molecule has 1 atom stereocenters. The van der Waals surface area contributed by atoms with Crippen molar-refractivity contribution in [2.75, 3.05) is 6.54 Å². The Kier molecular flexibility index (Phi) is 4.48. The molecule has 1 fully saturated rings. The van der Waals surface area contributed by atoms with Gasteiger partial charge in [-0.05, 0) is 31.7 Å². The second-order valence-electron chi connectivity index (χ2n) is 6.05. The number of aromatic nitrogens is 2. The number of carboxylic acid groups (broad SMARTS) is 1. The maximum atomic E-state index is 11.9. The largest absolute Gasteiger partial charge is 0.480 e. The lowest BCUT2D eigenvalue weighted by Crippen LogP contribution is -2.57. The van der Waals surface area contributed by atoms with E-state index in [1.54, 1.807) is 6.20 Å². The Bertz CT molecular complexity index is 465. The summed E-state index contributed by atoms with van der Waals surface area (Å²) in [5.74, 6) is 0.738. The highest BCUT2D eigenvalue weighted by Gasteiger charge is 2.51. The van der Waals surface area contributed by atoms with Gasteiger partial charge in [-0.25, -0.2) is 4.98 Å². The number of aliphatic carboxylic acids is 1. The molecule has 2 rings (SSSR count). The summed E-state index contributed by atoms with van der Waals surface area (Å²) in [6.07, 6.45) is 6.57. The zero-order chi connectivity index (χ0) is 14.8. The maximum absolute atomic E-state index is 11.9. The summed E-state index contributed by atoms with van der Waals surface area (Å²) in [6, 6.07) is 0. The molecule has 1 aliphatic rings. The summed E-state index contributed by atoms with van der Waals surface area (Å²) in [7, 11) is 0. The highest BCUT2D eigenvalue weighted by Crippen LogP contribution is 2.41. The van der Waals surface area contributed by atoms with Gasteiger partial charge in [-0.15, -0.1) is 0 Å². The smallest absolute Gasteiger partial charge is 0.326 e. The van der Waals surface area contributed by atoms with Gasteiger partial charge in [0.1, 0.15) is 11.4 Å². The average molecular weight is 279 g/mol. The van der Waals surface area contributed by atoms with Gasteiger partial charge < -0.3 is 15.0 Å². The van der Waals surface area contributed by atoms with Crippen molar-refractivity contribution in [3.05, 3.63) is 18.2 Å². The van der Waals surface area contributed by atoms with Crippen molar-refractivity contribution in [2.24, 2.45) is 5.92 Å². The van der Waals surface area contributed by atoms with Gasteiger partial charge >= 0.3 is 5.97 Å². The normalized spacial score (nSPS) is 18.2. The van der Waals surface area contributed by atoms with E-state index in [2.05, 4.69) is 31.1 Å². The Balaban J connectivity index is 2.26. The van der Waals surface area contributed by atoms with E-state index in [9.17, 15) is 9.90 Å². The molecular weight excluding hydrogens is 254 g/mol. The fraction of sp³-hybridized carbons (Fsp3) is 0.733. The number of carboxylic acids is 1. The fourth-order valence-electron chi connectivity index (χ4n) is 2.80. The number of nitrogens with one attached hydrogen (secondary N) is 1. The Hall–Kier alpha value is -1.36. The summed E-state index contributed by atoms with van der Waals surface area (Å²) < 4.78 is 2.00. The first-order valence-corrected chi connectivity index (χ1v) is 7.50. The van der Waals surface area contributed by atoms with Gasteiger partial charge in [-0.2, -0.15) is 0 Å². The Labute approximate surface area is 120 Å². The molecule has 5 nitrogen and oxygen atoms in total. The monoisotopic (exact) mass is 279 g/mol. The molecular formula is C15H25N3O2. The van der Waals surface area contributed by atoms with E-state index in [0.717, 1.165) is 31.6 Å². The third-order valence-corrected chi connectivity index (χ3v) is 4.03. The summed E-state index contributed by atoms with van der Waals surface area (Å²) in [6.45, 7) is 7.41. The third-order valence-electron chi connectivity index (χ3n) is 4.03. The molecule has 1 unspecified atom stereocenters. The van der Waals surface area contributed by atoms with Crippen LogP contribution in [0.3, 0.4) is 0 Å². The van der Waals surface area contributed by atoms with E-state index in [1.807, 2.05) is 10.8 Å². The predicted molar refractivity (Wildman–Crippen MR) is 77.7 cm³/mol. The molecule has 0 radical (unpaired) electrons. The lowest BCUT2D eigenvalue weighted by Gasteiger charge is -2.32. The van der Waals surface area contributed by atoms with Crippen LogP contribution in [0.1, 0.15) is 51.8 Å². The van der Waals surface area contributed by atoms with Crippen molar-refractivity contribution in [1.29, 1.82) is 0 Å². The predicted octanol–water partition coefficient (Wildman–Crippen LogP) is 2.24. The van der Waals surface area contributed by atoms with Crippen molar-refractivity contribution in [3.63, 3.8) is 0 Å². The van der Waals surface area contributed by atoms with Gasteiger partial charge in [0.05, 0.1) is 6.54 Å². The molecule has 20 heavy (non-hydrogen) atoms. The van der Waals surface area contributed by atoms with Crippen LogP contribution in [0.5, 0.6) is 0 Å². The van der Waals surface area contributed by atoms with Crippen molar-refractivity contribution < 1.29 is 9.90 Å². The fourth-order valence-corrected chi connectivity index (χ4v) is 2.80. The molecule has 1 aliphatic carbocycles. The van der Waals surface area contributed by atoms with Gasteiger partial charge in [-0.1, -0.05) is 20.8 Å². The molecule has 0 aromatic carbocycles.